The summed E-state index contributed by atoms with van der Waals surface area (Å²) < 4.78 is 10.7. The zero-order valence-corrected chi connectivity index (χ0v) is 13.1. The number of halogens is 1. The van der Waals surface area contributed by atoms with Gasteiger partial charge in [-0.3, -0.25) is 4.79 Å². The predicted octanol–water partition coefficient (Wildman–Crippen LogP) is 4.86. The molecular formula is C18H14ClNO3. The lowest BCUT2D eigenvalue weighted by molar-refractivity contribution is 0.0997. The van der Waals surface area contributed by atoms with E-state index in [1.807, 2.05) is 12.1 Å². The standard InChI is InChI=1S/C18H14ClNO3/c1-22-15-8-6-14(7-9-15)20-18(21)17-11-10-16(23-17)12-2-4-13(19)5-3-12/h2-11H,1H3,(H,20,21). The summed E-state index contributed by atoms with van der Waals surface area (Å²) in [6.45, 7) is 0. The molecule has 0 spiro atoms. The summed E-state index contributed by atoms with van der Waals surface area (Å²) in [5, 5.41) is 3.42. The van der Waals surface area contributed by atoms with Crippen molar-refractivity contribution < 1.29 is 13.9 Å². The Morgan fingerprint density at radius 2 is 1.70 bits per heavy atom. The van der Waals surface area contributed by atoms with Crippen LogP contribution in [0.5, 0.6) is 5.75 Å². The second-order valence-corrected chi connectivity index (χ2v) is 5.29. The molecule has 0 saturated carbocycles. The lowest BCUT2D eigenvalue weighted by Gasteiger charge is -2.04. The number of methoxy groups -OCH3 is 1. The van der Waals surface area contributed by atoms with Crippen LogP contribution in [-0.2, 0) is 0 Å². The Kier molecular flexibility index (Phi) is 4.35. The van der Waals surface area contributed by atoms with Gasteiger partial charge in [-0.2, -0.15) is 0 Å². The van der Waals surface area contributed by atoms with E-state index >= 15 is 0 Å². The van der Waals surface area contributed by atoms with Gasteiger partial charge in [-0.1, -0.05) is 11.6 Å². The van der Waals surface area contributed by atoms with Gasteiger partial charge in [0.15, 0.2) is 5.76 Å². The number of rotatable bonds is 4. The summed E-state index contributed by atoms with van der Waals surface area (Å²) in [5.74, 6) is 1.27. The molecule has 1 aromatic heterocycles. The van der Waals surface area contributed by atoms with Crippen molar-refractivity contribution in [3.63, 3.8) is 0 Å². The summed E-state index contributed by atoms with van der Waals surface area (Å²) >= 11 is 5.86. The van der Waals surface area contributed by atoms with Gasteiger partial charge in [-0.05, 0) is 60.7 Å². The Morgan fingerprint density at radius 1 is 1.00 bits per heavy atom. The molecule has 3 rings (SSSR count). The van der Waals surface area contributed by atoms with Gasteiger partial charge in [0.25, 0.3) is 5.91 Å². The third-order valence-corrected chi connectivity index (χ3v) is 3.56. The molecule has 0 radical (unpaired) electrons. The minimum Gasteiger partial charge on any atom is -0.497 e. The van der Waals surface area contributed by atoms with E-state index in [-0.39, 0.29) is 11.7 Å². The van der Waals surface area contributed by atoms with Crippen LogP contribution >= 0.6 is 11.6 Å². The summed E-state index contributed by atoms with van der Waals surface area (Å²) in [6.07, 6.45) is 0. The maximum Gasteiger partial charge on any atom is 0.291 e. The van der Waals surface area contributed by atoms with Crippen molar-refractivity contribution in [1.82, 2.24) is 0 Å². The number of benzene rings is 2. The van der Waals surface area contributed by atoms with Gasteiger partial charge in [0.2, 0.25) is 0 Å². The van der Waals surface area contributed by atoms with E-state index in [4.69, 9.17) is 20.8 Å². The van der Waals surface area contributed by atoms with Crippen molar-refractivity contribution in [3.05, 3.63) is 71.4 Å². The third kappa shape index (κ3) is 3.55. The van der Waals surface area contributed by atoms with E-state index in [1.54, 1.807) is 55.6 Å². The molecule has 0 aliphatic rings. The van der Waals surface area contributed by atoms with Crippen LogP contribution in [0.4, 0.5) is 5.69 Å². The molecule has 116 valence electrons. The Labute approximate surface area is 138 Å². The molecule has 1 heterocycles. The fourth-order valence-corrected chi connectivity index (χ4v) is 2.22. The van der Waals surface area contributed by atoms with E-state index in [0.717, 1.165) is 11.3 Å². The molecule has 0 unspecified atom stereocenters. The summed E-state index contributed by atoms with van der Waals surface area (Å²) in [7, 11) is 1.59. The van der Waals surface area contributed by atoms with E-state index in [0.29, 0.717) is 16.5 Å². The molecule has 0 saturated heterocycles. The van der Waals surface area contributed by atoms with Crippen LogP contribution in [0.2, 0.25) is 5.02 Å². The summed E-state index contributed by atoms with van der Waals surface area (Å²) in [4.78, 5) is 12.2. The predicted molar refractivity (Wildman–Crippen MR) is 90.1 cm³/mol. The Hall–Kier alpha value is -2.72. The zero-order valence-electron chi connectivity index (χ0n) is 12.4. The van der Waals surface area contributed by atoms with Gasteiger partial charge in [0, 0.05) is 16.3 Å². The highest BCUT2D eigenvalue weighted by Crippen LogP contribution is 2.24. The average Bonchev–Trinajstić information content (AvgIpc) is 3.06. The minimum atomic E-state index is -0.310. The molecule has 0 aliphatic carbocycles. The average molecular weight is 328 g/mol. The van der Waals surface area contributed by atoms with Crippen LogP contribution in [-0.4, -0.2) is 13.0 Å². The molecule has 0 atom stereocenters. The highest BCUT2D eigenvalue weighted by atomic mass is 35.5. The lowest BCUT2D eigenvalue weighted by atomic mass is 10.2. The third-order valence-electron chi connectivity index (χ3n) is 3.31. The SMILES string of the molecule is COc1ccc(NC(=O)c2ccc(-c3ccc(Cl)cc3)o2)cc1. The second-order valence-electron chi connectivity index (χ2n) is 4.85. The number of carbonyl (C=O) groups excluding carboxylic acids is 1. The van der Waals surface area contributed by atoms with Crippen LogP contribution in [0, 0.1) is 0 Å². The van der Waals surface area contributed by atoms with Gasteiger partial charge in [-0.15, -0.1) is 0 Å². The van der Waals surface area contributed by atoms with Crippen LogP contribution < -0.4 is 10.1 Å². The highest BCUT2D eigenvalue weighted by molar-refractivity contribution is 6.30. The summed E-state index contributed by atoms with van der Waals surface area (Å²) in [5.41, 5.74) is 1.53. The van der Waals surface area contributed by atoms with Crippen LogP contribution in [0.25, 0.3) is 11.3 Å². The first-order valence-electron chi connectivity index (χ1n) is 6.97. The first-order valence-corrected chi connectivity index (χ1v) is 7.35. The quantitative estimate of drug-likeness (QED) is 0.744. The van der Waals surface area contributed by atoms with E-state index in [2.05, 4.69) is 5.32 Å². The lowest BCUT2D eigenvalue weighted by Crippen LogP contribution is -2.10. The molecule has 0 bridgehead atoms. The van der Waals surface area contributed by atoms with Crippen LogP contribution in [0.1, 0.15) is 10.6 Å². The van der Waals surface area contributed by atoms with Gasteiger partial charge in [0.1, 0.15) is 11.5 Å². The summed E-state index contributed by atoms with van der Waals surface area (Å²) in [6, 6.07) is 17.7. The number of hydrogen-bond donors (Lipinski definition) is 1. The van der Waals surface area contributed by atoms with Gasteiger partial charge in [-0.25, -0.2) is 0 Å². The van der Waals surface area contributed by atoms with Crippen molar-refractivity contribution in [2.24, 2.45) is 0 Å². The Morgan fingerprint density at radius 3 is 2.35 bits per heavy atom. The fourth-order valence-electron chi connectivity index (χ4n) is 2.10. The first-order chi connectivity index (χ1) is 11.2. The van der Waals surface area contributed by atoms with Crippen LogP contribution in [0.3, 0.4) is 0 Å². The molecule has 2 aromatic carbocycles. The number of nitrogens with one attached hydrogen (secondary N) is 1. The molecule has 5 heteroatoms. The molecule has 3 aromatic rings. The molecule has 0 aliphatic heterocycles. The molecule has 1 N–H and O–H groups in total. The minimum absolute atomic E-state index is 0.241. The maximum absolute atomic E-state index is 12.2. The molecule has 4 nitrogen and oxygen atoms in total. The van der Waals surface area contributed by atoms with Crippen molar-refractivity contribution in [1.29, 1.82) is 0 Å². The molecule has 1 amide bonds. The number of hydrogen-bond acceptors (Lipinski definition) is 3. The largest absolute Gasteiger partial charge is 0.497 e. The topological polar surface area (TPSA) is 51.5 Å². The van der Waals surface area contributed by atoms with E-state index < -0.39 is 0 Å². The molecular weight excluding hydrogens is 314 g/mol. The number of amides is 1. The Bertz CT molecular complexity index is 807. The number of furan rings is 1. The van der Waals surface area contributed by atoms with Crippen molar-refractivity contribution >= 4 is 23.2 Å². The van der Waals surface area contributed by atoms with Crippen LogP contribution in [0.15, 0.2) is 65.1 Å². The van der Waals surface area contributed by atoms with E-state index in [1.165, 1.54) is 0 Å². The smallest absolute Gasteiger partial charge is 0.291 e. The van der Waals surface area contributed by atoms with Gasteiger partial charge >= 0.3 is 0 Å². The van der Waals surface area contributed by atoms with Crippen molar-refractivity contribution in [3.8, 4) is 17.1 Å². The van der Waals surface area contributed by atoms with Crippen molar-refractivity contribution in [2.45, 2.75) is 0 Å². The molecule has 23 heavy (non-hydrogen) atoms. The maximum atomic E-state index is 12.2. The fraction of sp³-hybridized carbons (Fsp3) is 0.0556. The number of carbonyl (C=O) groups is 1. The highest BCUT2D eigenvalue weighted by Gasteiger charge is 2.12. The van der Waals surface area contributed by atoms with E-state index in [9.17, 15) is 4.79 Å². The van der Waals surface area contributed by atoms with Crippen molar-refractivity contribution in [2.75, 3.05) is 12.4 Å². The zero-order chi connectivity index (χ0) is 16.2. The van der Waals surface area contributed by atoms with Gasteiger partial charge < -0.3 is 14.5 Å². The first kappa shape index (κ1) is 15.2. The monoisotopic (exact) mass is 327 g/mol. The number of ether oxygens (including phenoxy) is 1. The molecule has 0 fully saturated rings. The Balaban J connectivity index is 1.74. The number of anilines is 1. The normalized spacial score (nSPS) is 10.3. The van der Waals surface area contributed by atoms with Gasteiger partial charge in [0.05, 0.1) is 7.11 Å². The second kappa shape index (κ2) is 6.58.